The van der Waals surface area contributed by atoms with Gasteiger partial charge in [0, 0.05) is 25.9 Å². The highest BCUT2D eigenvalue weighted by Gasteiger charge is 2.28. The second-order valence-corrected chi connectivity index (χ2v) is 5.44. The van der Waals surface area contributed by atoms with Gasteiger partial charge in [0.25, 0.3) is 0 Å². The summed E-state index contributed by atoms with van der Waals surface area (Å²) in [4.78, 5) is 4.49. The summed E-state index contributed by atoms with van der Waals surface area (Å²) < 4.78 is 12.3. The first-order valence-electron chi connectivity index (χ1n) is 6.25. The summed E-state index contributed by atoms with van der Waals surface area (Å²) in [5.41, 5.74) is 0.799. The molecule has 0 amide bonds. The molecule has 0 aliphatic carbocycles. The third-order valence-corrected chi connectivity index (χ3v) is 3.15. The van der Waals surface area contributed by atoms with Gasteiger partial charge in [-0.05, 0) is 6.92 Å². The Bertz CT molecular complexity index is 544. The first kappa shape index (κ1) is 13.7. The Morgan fingerprint density at radius 2 is 2.21 bits per heavy atom. The van der Waals surface area contributed by atoms with Crippen molar-refractivity contribution in [2.75, 3.05) is 13.7 Å². The molecule has 1 unspecified atom stereocenters. The van der Waals surface area contributed by atoms with Crippen molar-refractivity contribution in [2.45, 2.75) is 32.1 Å². The van der Waals surface area contributed by atoms with Crippen LogP contribution >= 0.6 is 0 Å². The van der Waals surface area contributed by atoms with E-state index in [1.165, 1.54) is 0 Å². The molecule has 0 bridgehead atoms. The molecule has 0 N–H and O–H groups in total. The van der Waals surface area contributed by atoms with Gasteiger partial charge in [-0.1, -0.05) is 19.0 Å². The third kappa shape index (κ3) is 2.84. The van der Waals surface area contributed by atoms with Gasteiger partial charge in [-0.25, -0.2) is 0 Å². The molecule has 6 nitrogen and oxygen atoms in total. The van der Waals surface area contributed by atoms with E-state index in [1.807, 2.05) is 40.2 Å². The van der Waals surface area contributed by atoms with Gasteiger partial charge in [-0.3, -0.25) is 4.68 Å². The van der Waals surface area contributed by atoms with Crippen LogP contribution in [0.15, 0.2) is 16.9 Å². The molecule has 104 valence electrons. The fourth-order valence-electron chi connectivity index (χ4n) is 1.92. The third-order valence-electron chi connectivity index (χ3n) is 3.15. The number of ether oxygens (including phenoxy) is 1. The lowest BCUT2D eigenvalue weighted by Gasteiger charge is -2.18. The zero-order valence-electron chi connectivity index (χ0n) is 12.0. The van der Waals surface area contributed by atoms with Crippen molar-refractivity contribution in [3.63, 3.8) is 0 Å². The Morgan fingerprint density at radius 3 is 2.79 bits per heavy atom. The SMILES string of the molecule is COCC(C)(C)c1noc(C(C)c2cnn(C)c2)n1. The summed E-state index contributed by atoms with van der Waals surface area (Å²) in [6, 6.07) is 0. The maximum absolute atomic E-state index is 5.37. The van der Waals surface area contributed by atoms with Gasteiger partial charge in [0.15, 0.2) is 5.82 Å². The van der Waals surface area contributed by atoms with Crippen LogP contribution in [0.1, 0.15) is 44.0 Å². The molecule has 0 radical (unpaired) electrons. The average molecular weight is 264 g/mol. The predicted molar refractivity (Wildman–Crippen MR) is 69.9 cm³/mol. The van der Waals surface area contributed by atoms with Crippen LogP contribution < -0.4 is 0 Å². The van der Waals surface area contributed by atoms with Crippen LogP contribution in [0.3, 0.4) is 0 Å². The zero-order chi connectivity index (χ0) is 14.0. The van der Waals surface area contributed by atoms with Gasteiger partial charge in [0.1, 0.15) is 0 Å². The van der Waals surface area contributed by atoms with Crippen molar-refractivity contribution in [3.8, 4) is 0 Å². The highest BCUT2D eigenvalue weighted by Crippen LogP contribution is 2.26. The Labute approximate surface area is 112 Å². The number of aryl methyl sites for hydroxylation is 1. The second-order valence-electron chi connectivity index (χ2n) is 5.44. The molecule has 0 fully saturated rings. The lowest BCUT2D eigenvalue weighted by atomic mass is 9.94. The Morgan fingerprint density at radius 1 is 1.47 bits per heavy atom. The summed E-state index contributed by atoms with van der Waals surface area (Å²) in [6.45, 7) is 6.63. The standard InChI is InChI=1S/C13H20N4O2/c1-9(10-6-14-17(4)7-10)11-15-12(16-19-11)13(2,3)8-18-5/h6-7,9H,8H2,1-5H3. The second kappa shape index (κ2) is 5.13. The number of hydrogen-bond donors (Lipinski definition) is 0. The number of hydrogen-bond acceptors (Lipinski definition) is 5. The number of aromatic nitrogens is 4. The highest BCUT2D eigenvalue weighted by molar-refractivity contribution is 5.18. The van der Waals surface area contributed by atoms with Crippen LogP contribution in [0.4, 0.5) is 0 Å². The van der Waals surface area contributed by atoms with Gasteiger partial charge in [0.2, 0.25) is 5.89 Å². The topological polar surface area (TPSA) is 66.0 Å². The fraction of sp³-hybridized carbons (Fsp3) is 0.615. The van der Waals surface area contributed by atoms with Gasteiger partial charge < -0.3 is 9.26 Å². The highest BCUT2D eigenvalue weighted by atomic mass is 16.5. The molecule has 0 aliphatic heterocycles. The van der Waals surface area contributed by atoms with E-state index in [9.17, 15) is 0 Å². The molecule has 6 heteroatoms. The zero-order valence-corrected chi connectivity index (χ0v) is 12.0. The van der Waals surface area contributed by atoms with Crippen LogP contribution in [-0.4, -0.2) is 33.6 Å². The van der Waals surface area contributed by atoms with Crippen molar-refractivity contribution in [2.24, 2.45) is 7.05 Å². The molecule has 0 saturated carbocycles. The molecule has 0 spiro atoms. The lowest BCUT2D eigenvalue weighted by Crippen LogP contribution is -2.25. The van der Waals surface area contributed by atoms with E-state index < -0.39 is 0 Å². The monoisotopic (exact) mass is 264 g/mol. The van der Waals surface area contributed by atoms with Crippen LogP contribution in [0.2, 0.25) is 0 Å². The van der Waals surface area contributed by atoms with Crippen LogP contribution in [0, 0.1) is 0 Å². The minimum absolute atomic E-state index is 0.0355. The Hall–Kier alpha value is -1.69. The van der Waals surface area contributed by atoms with Crippen molar-refractivity contribution >= 4 is 0 Å². The molecule has 0 aromatic carbocycles. The van der Waals surface area contributed by atoms with Crippen molar-refractivity contribution < 1.29 is 9.26 Å². The van der Waals surface area contributed by atoms with E-state index in [2.05, 4.69) is 15.2 Å². The molecule has 1 atom stereocenters. The minimum Gasteiger partial charge on any atom is -0.384 e. The summed E-state index contributed by atoms with van der Waals surface area (Å²) in [5.74, 6) is 1.31. The van der Waals surface area contributed by atoms with Crippen LogP contribution in [0.5, 0.6) is 0 Å². The molecule has 0 saturated heterocycles. The van der Waals surface area contributed by atoms with Crippen molar-refractivity contribution in [3.05, 3.63) is 29.7 Å². The molecule has 2 rings (SSSR count). The molecule has 2 aromatic rings. The normalized spacial score (nSPS) is 13.7. The Kier molecular flexibility index (Phi) is 3.71. The first-order chi connectivity index (χ1) is 8.94. The summed E-state index contributed by atoms with van der Waals surface area (Å²) in [5, 5.41) is 8.22. The van der Waals surface area contributed by atoms with Gasteiger partial charge in [-0.15, -0.1) is 0 Å². The number of methoxy groups -OCH3 is 1. The van der Waals surface area contributed by atoms with E-state index in [0.717, 1.165) is 5.56 Å². The smallest absolute Gasteiger partial charge is 0.234 e. The quantitative estimate of drug-likeness (QED) is 0.825. The molecular formula is C13H20N4O2. The molecule has 0 aliphatic rings. The first-order valence-corrected chi connectivity index (χ1v) is 6.25. The molecular weight excluding hydrogens is 244 g/mol. The predicted octanol–water partition coefficient (Wildman–Crippen LogP) is 1.88. The van der Waals surface area contributed by atoms with Crippen LogP contribution in [-0.2, 0) is 17.2 Å². The van der Waals surface area contributed by atoms with E-state index in [4.69, 9.17) is 9.26 Å². The van der Waals surface area contributed by atoms with E-state index >= 15 is 0 Å². The number of nitrogens with zero attached hydrogens (tertiary/aromatic N) is 4. The summed E-state index contributed by atoms with van der Waals surface area (Å²) >= 11 is 0. The molecule has 2 aromatic heterocycles. The lowest BCUT2D eigenvalue weighted by molar-refractivity contribution is 0.140. The molecule has 19 heavy (non-hydrogen) atoms. The summed E-state index contributed by atoms with van der Waals surface area (Å²) in [6.07, 6.45) is 3.77. The van der Waals surface area contributed by atoms with Gasteiger partial charge in [0.05, 0.1) is 24.1 Å². The van der Waals surface area contributed by atoms with Gasteiger partial charge in [-0.2, -0.15) is 10.1 Å². The average Bonchev–Trinajstić information content (AvgIpc) is 2.96. The summed E-state index contributed by atoms with van der Waals surface area (Å²) in [7, 11) is 3.55. The van der Waals surface area contributed by atoms with E-state index in [-0.39, 0.29) is 11.3 Å². The minimum atomic E-state index is -0.259. The molecule has 2 heterocycles. The van der Waals surface area contributed by atoms with Crippen molar-refractivity contribution in [1.82, 2.24) is 19.9 Å². The fourth-order valence-corrected chi connectivity index (χ4v) is 1.92. The largest absolute Gasteiger partial charge is 0.384 e. The Balaban J connectivity index is 2.21. The van der Waals surface area contributed by atoms with Gasteiger partial charge >= 0.3 is 0 Å². The van der Waals surface area contributed by atoms with E-state index in [0.29, 0.717) is 18.3 Å². The van der Waals surface area contributed by atoms with Crippen LogP contribution in [0.25, 0.3) is 0 Å². The number of rotatable bonds is 5. The maximum atomic E-state index is 5.37. The maximum Gasteiger partial charge on any atom is 0.234 e. The van der Waals surface area contributed by atoms with E-state index in [1.54, 1.807) is 11.8 Å². The van der Waals surface area contributed by atoms with Crippen molar-refractivity contribution in [1.29, 1.82) is 0 Å².